The van der Waals surface area contributed by atoms with Crippen molar-refractivity contribution in [2.24, 2.45) is 0 Å². The summed E-state index contributed by atoms with van der Waals surface area (Å²) in [6, 6.07) is 8.93. The van der Waals surface area contributed by atoms with Crippen LogP contribution in [0.15, 0.2) is 30.3 Å². The first-order chi connectivity index (χ1) is 9.17. The van der Waals surface area contributed by atoms with Gasteiger partial charge in [0.05, 0.1) is 27.1 Å². The summed E-state index contributed by atoms with van der Waals surface area (Å²) in [5, 5.41) is 3.42. The first-order valence-corrected chi connectivity index (χ1v) is 5.93. The Morgan fingerprint density at radius 2 is 1.95 bits per heavy atom. The summed E-state index contributed by atoms with van der Waals surface area (Å²) >= 11 is 0. The Labute approximate surface area is 112 Å². The van der Waals surface area contributed by atoms with Gasteiger partial charge < -0.3 is 4.74 Å². The summed E-state index contributed by atoms with van der Waals surface area (Å²) in [4.78, 5) is 18.9. The summed E-state index contributed by atoms with van der Waals surface area (Å²) < 4.78 is 5.15. The van der Waals surface area contributed by atoms with Gasteiger partial charge in [-0.15, -0.1) is 0 Å². The fraction of sp³-hybridized carbons (Fsp3) is 0.417. The van der Waals surface area contributed by atoms with Crippen molar-refractivity contribution in [3.63, 3.8) is 0 Å². The minimum absolute atomic E-state index is 0.477. The van der Waals surface area contributed by atoms with Crippen LogP contribution >= 0.6 is 0 Å². The van der Waals surface area contributed by atoms with E-state index in [9.17, 15) is 4.79 Å². The van der Waals surface area contributed by atoms with Crippen molar-refractivity contribution < 1.29 is 14.4 Å². The lowest BCUT2D eigenvalue weighted by atomic mass is 10.3. The Morgan fingerprint density at radius 1 is 1.21 bits per heavy atom. The van der Waals surface area contributed by atoms with Crippen molar-refractivity contribution >= 4 is 6.09 Å². The molecule has 0 saturated carbocycles. The third-order valence-corrected chi connectivity index (χ3v) is 2.60. The van der Waals surface area contributed by atoms with Gasteiger partial charge in [0, 0.05) is 0 Å². The van der Waals surface area contributed by atoms with E-state index in [1.807, 2.05) is 30.1 Å². The SMILES string of the molecule is CON1CN(C)CN(NC(=O)Oc2ccccc2)C1. The highest BCUT2D eigenvalue weighted by molar-refractivity contribution is 5.69. The zero-order chi connectivity index (χ0) is 13.7. The van der Waals surface area contributed by atoms with Gasteiger partial charge in [0.2, 0.25) is 0 Å². The Morgan fingerprint density at radius 3 is 2.63 bits per heavy atom. The van der Waals surface area contributed by atoms with Crippen molar-refractivity contribution in [1.29, 1.82) is 0 Å². The zero-order valence-corrected chi connectivity index (χ0v) is 11.1. The van der Waals surface area contributed by atoms with Gasteiger partial charge in [-0.25, -0.2) is 4.79 Å². The molecule has 1 aliphatic rings. The number of benzene rings is 1. The number of hydrazine groups is 1. The van der Waals surface area contributed by atoms with Gasteiger partial charge >= 0.3 is 6.09 Å². The number of hydrogen-bond acceptors (Lipinski definition) is 6. The van der Waals surface area contributed by atoms with E-state index in [0.717, 1.165) is 0 Å². The molecule has 1 amide bonds. The van der Waals surface area contributed by atoms with Crippen LogP contribution in [-0.2, 0) is 4.84 Å². The molecule has 7 nitrogen and oxygen atoms in total. The van der Waals surface area contributed by atoms with E-state index in [1.54, 1.807) is 29.3 Å². The molecule has 7 heteroatoms. The molecule has 0 aliphatic carbocycles. The molecular formula is C12H18N4O3. The van der Waals surface area contributed by atoms with Crippen molar-refractivity contribution in [3.8, 4) is 5.75 Å². The third kappa shape index (κ3) is 4.18. The van der Waals surface area contributed by atoms with Gasteiger partial charge in [0.1, 0.15) is 5.75 Å². The maximum absolute atomic E-state index is 11.7. The van der Waals surface area contributed by atoms with Crippen LogP contribution in [0.2, 0.25) is 0 Å². The molecule has 19 heavy (non-hydrogen) atoms. The van der Waals surface area contributed by atoms with Gasteiger partial charge in [-0.3, -0.25) is 15.2 Å². The molecule has 1 heterocycles. The molecule has 1 fully saturated rings. The Balaban J connectivity index is 1.85. The summed E-state index contributed by atoms with van der Waals surface area (Å²) in [5.41, 5.74) is 2.67. The molecule has 1 aliphatic heterocycles. The van der Waals surface area contributed by atoms with Crippen molar-refractivity contribution in [2.45, 2.75) is 0 Å². The van der Waals surface area contributed by atoms with Gasteiger partial charge in [0.25, 0.3) is 0 Å². The number of para-hydroxylation sites is 1. The lowest BCUT2D eigenvalue weighted by Gasteiger charge is -2.38. The van der Waals surface area contributed by atoms with Crippen molar-refractivity contribution in [3.05, 3.63) is 30.3 Å². The van der Waals surface area contributed by atoms with Crippen LogP contribution in [0, 0.1) is 0 Å². The molecule has 0 spiro atoms. The first-order valence-electron chi connectivity index (χ1n) is 5.93. The fourth-order valence-electron chi connectivity index (χ4n) is 1.82. The number of nitrogens with one attached hydrogen (secondary N) is 1. The number of amides is 1. The number of nitrogens with zero attached hydrogens (tertiary/aromatic N) is 3. The Hall–Kier alpha value is -1.67. The Bertz CT molecular complexity index is 415. The van der Waals surface area contributed by atoms with Gasteiger partial charge in [-0.1, -0.05) is 18.2 Å². The summed E-state index contributed by atoms with van der Waals surface area (Å²) in [6.45, 7) is 1.76. The maximum atomic E-state index is 11.7. The van der Waals surface area contributed by atoms with Crippen molar-refractivity contribution in [1.82, 2.24) is 20.4 Å². The molecule has 0 aromatic heterocycles. The number of rotatable bonds is 3. The lowest BCUT2D eigenvalue weighted by molar-refractivity contribution is -0.219. The highest BCUT2D eigenvalue weighted by Gasteiger charge is 2.22. The molecule has 0 atom stereocenters. The quantitative estimate of drug-likeness (QED) is 0.868. The van der Waals surface area contributed by atoms with E-state index < -0.39 is 6.09 Å². The number of hydrogen-bond donors (Lipinski definition) is 1. The van der Waals surface area contributed by atoms with Crippen molar-refractivity contribution in [2.75, 3.05) is 34.2 Å². The minimum Gasteiger partial charge on any atom is -0.409 e. The number of carbonyl (C=O) groups excluding carboxylic acids is 1. The standard InChI is InChI=1S/C12H18N4O3/c1-14-8-15(10-16(9-14)18-2)13-12(17)19-11-6-4-3-5-7-11/h3-7H,8-10H2,1-2H3,(H,13,17). The summed E-state index contributed by atoms with van der Waals surface area (Å²) in [5.74, 6) is 0.508. The van der Waals surface area contributed by atoms with Crippen LogP contribution in [0.4, 0.5) is 4.79 Å². The number of ether oxygens (including phenoxy) is 1. The van der Waals surface area contributed by atoms with Crippen LogP contribution in [0.5, 0.6) is 5.75 Å². The van der Waals surface area contributed by atoms with E-state index in [1.165, 1.54) is 0 Å². The van der Waals surface area contributed by atoms with Crippen LogP contribution in [0.3, 0.4) is 0 Å². The largest absolute Gasteiger partial charge is 0.427 e. The average molecular weight is 266 g/mol. The van der Waals surface area contributed by atoms with Gasteiger partial charge in [0.15, 0.2) is 0 Å². The second-order valence-corrected chi connectivity index (χ2v) is 4.30. The van der Waals surface area contributed by atoms with Crippen LogP contribution in [-0.4, -0.2) is 55.2 Å². The first kappa shape index (κ1) is 13.8. The molecule has 0 bridgehead atoms. The molecule has 2 rings (SSSR count). The van der Waals surface area contributed by atoms with E-state index in [4.69, 9.17) is 9.57 Å². The van der Waals surface area contributed by atoms with Crippen LogP contribution in [0.25, 0.3) is 0 Å². The van der Waals surface area contributed by atoms with E-state index in [0.29, 0.717) is 25.8 Å². The molecule has 1 N–H and O–H groups in total. The summed E-state index contributed by atoms with van der Waals surface area (Å²) in [6.07, 6.45) is -0.516. The molecular weight excluding hydrogens is 248 g/mol. The molecule has 1 aromatic carbocycles. The van der Waals surface area contributed by atoms with Gasteiger partial charge in [-0.05, 0) is 19.2 Å². The highest BCUT2D eigenvalue weighted by Crippen LogP contribution is 2.09. The van der Waals surface area contributed by atoms with E-state index in [2.05, 4.69) is 5.43 Å². The maximum Gasteiger partial charge on any atom is 0.427 e. The second kappa shape index (κ2) is 6.48. The third-order valence-electron chi connectivity index (χ3n) is 2.60. The second-order valence-electron chi connectivity index (χ2n) is 4.30. The van der Waals surface area contributed by atoms with Crippen LogP contribution < -0.4 is 10.2 Å². The number of carbonyl (C=O) groups is 1. The molecule has 0 unspecified atom stereocenters. The molecule has 0 radical (unpaired) electrons. The normalized spacial score (nSPS) is 18.2. The van der Waals surface area contributed by atoms with E-state index in [-0.39, 0.29) is 0 Å². The molecule has 1 aromatic rings. The topological polar surface area (TPSA) is 57.3 Å². The predicted molar refractivity (Wildman–Crippen MR) is 68.7 cm³/mol. The Kier molecular flexibility index (Phi) is 4.69. The van der Waals surface area contributed by atoms with Gasteiger partial charge in [-0.2, -0.15) is 10.1 Å². The number of hydroxylamine groups is 2. The van der Waals surface area contributed by atoms with E-state index >= 15 is 0 Å². The monoisotopic (exact) mass is 266 g/mol. The zero-order valence-electron chi connectivity index (χ0n) is 11.1. The summed E-state index contributed by atoms with van der Waals surface area (Å²) in [7, 11) is 3.53. The lowest BCUT2D eigenvalue weighted by Crippen LogP contribution is -2.59. The highest BCUT2D eigenvalue weighted by atomic mass is 16.7. The fourth-order valence-corrected chi connectivity index (χ4v) is 1.82. The van der Waals surface area contributed by atoms with Crippen LogP contribution in [0.1, 0.15) is 0 Å². The average Bonchev–Trinajstić information content (AvgIpc) is 2.38. The molecule has 1 saturated heterocycles. The predicted octanol–water partition coefficient (Wildman–Crippen LogP) is 0.673. The minimum atomic E-state index is -0.516. The molecule has 104 valence electrons. The smallest absolute Gasteiger partial charge is 0.409 e.